The molecule has 2 aromatic rings. The van der Waals surface area contributed by atoms with E-state index in [2.05, 4.69) is 10.6 Å². The van der Waals surface area contributed by atoms with Gasteiger partial charge in [-0.05, 0) is 54.7 Å². The standard InChI is InChI=1S/C23H22ClN3O4/c1-13-2-6-16(11-18(13)24)25-20(28)8-4-14-3-5-15-12-27(23(31)17(15)10-14)19-7-9-21(29)26-22(19)30/h2-3,5-6,10-11,19H,4,7-9,12H2,1H3,(H,25,28)(H,26,29,30). The van der Waals surface area contributed by atoms with E-state index < -0.39 is 11.9 Å². The van der Waals surface area contributed by atoms with E-state index in [4.69, 9.17) is 11.6 Å². The first kappa shape index (κ1) is 21.1. The predicted molar refractivity (Wildman–Crippen MR) is 116 cm³/mol. The summed E-state index contributed by atoms with van der Waals surface area (Å²) in [4.78, 5) is 50.2. The highest BCUT2D eigenvalue weighted by atomic mass is 35.5. The molecule has 0 aliphatic carbocycles. The Morgan fingerprint density at radius 1 is 1.19 bits per heavy atom. The van der Waals surface area contributed by atoms with Crippen LogP contribution in [0.25, 0.3) is 0 Å². The van der Waals surface area contributed by atoms with Crippen molar-refractivity contribution in [2.75, 3.05) is 5.32 Å². The largest absolute Gasteiger partial charge is 0.326 e. The predicted octanol–water partition coefficient (Wildman–Crippen LogP) is 2.98. The molecule has 2 heterocycles. The summed E-state index contributed by atoms with van der Waals surface area (Å²) in [5, 5.41) is 5.72. The molecule has 160 valence electrons. The second kappa shape index (κ2) is 8.51. The third-order valence-corrected chi connectivity index (χ3v) is 6.10. The van der Waals surface area contributed by atoms with E-state index >= 15 is 0 Å². The van der Waals surface area contributed by atoms with Crippen molar-refractivity contribution >= 4 is 40.9 Å². The zero-order chi connectivity index (χ0) is 22.1. The van der Waals surface area contributed by atoms with Gasteiger partial charge in [-0.25, -0.2) is 0 Å². The molecular formula is C23H22ClN3O4. The third-order valence-electron chi connectivity index (χ3n) is 5.69. The summed E-state index contributed by atoms with van der Waals surface area (Å²) in [6.45, 7) is 2.24. The number of fused-ring (bicyclic) bond motifs is 1. The first-order valence-corrected chi connectivity index (χ1v) is 10.5. The number of hydrogen-bond donors (Lipinski definition) is 2. The number of carbonyl (C=O) groups excluding carboxylic acids is 4. The molecule has 0 aromatic heterocycles. The minimum Gasteiger partial charge on any atom is -0.326 e. The van der Waals surface area contributed by atoms with Gasteiger partial charge in [0.05, 0.1) is 0 Å². The van der Waals surface area contributed by atoms with Crippen LogP contribution in [0.2, 0.25) is 5.02 Å². The van der Waals surface area contributed by atoms with E-state index in [1.807, 2.05) is 25.1 Å². The second-order valence-corrected chi connectivity index (χ2v) is 8.31. The zero-order valence-electron chi connectivity index (χ0n) is 17.0. The quantitative estimate of drug-likeness (QED) is 0.700. The molecule has 2 aliphatic rings. The van der Waals surface area contributed by atoms with E-state index in [1.165, 1.54) is 4.90 Å². The molecular weight excluding hydrogens is 418 g/mol. The summed E-state index contributed by atoms with van der Waals surface area (Å²) in [5.74, 6) is -1.09. The summed E-state index contributed by atoms with van der Waals surface area (Å²) < 4.78 is 0. The molecule has 31 heavy (non-hydrogen) atoms. The number of benzene rings is 2. The topological polar surface area (TPSA) is 95.6 Å². The van der Waals surface area contributed by atoms with E-state index in [0.717, 1.165) is 16.7 Å². The first-order valence-electron chi connectivity index (χ1n) is 10.1. The molecule has 2 N–H and O–H groups in total. The van der Waals surface area contributed by atoms with Crippen molar-refractivity contribution in [2.45, 2.75) is 45.2 Å². The molecule has 0 bridgehead atoms. The van der Waals surface area contributed by atoms with E-state index in [0.29, 0.717) is 35.7 Å². The average Bonchev–Trinajstić information content (AvgIpc) is 3.05. The maximum atomic E-state index is 12.9. The minimum atomic E-state index is -0.631. The number of nitrogens with one attached hydrogen (secondary N) is 2. The van der Waals surface area contributed by atoms with Crippen LogP contribution < -0.4 is 10.6 Å². The first-order chi connectivity index (χ1) is 14.8. The van der Waals surface area contributed by atoms with Gasteiger partial charge in [-0.1, -0.05) is 29.8 Å². The second-order valence-electron chi connectivity index (χ2n) is 7.90. The van der Waals surface area contributed by atoms with Crippen molar-refractivity contribution in [3.8, 4) is 0 Å². The highest BCUT2D eigenvalue weighted by Gasteiger charge is 2.39. The van der Waals surface area contributed by atoms with Gasteiger partial charge in [0.2, 0.25) is 17.7 Å². The number of amides is 4. The van der Waals surface area contributed by atoms with Crippen LogP contribution in [0.4, 0.5) is 5.69 Å². The summed E-state index contributed by atoms with van der Waals surface area (Å²) in [5.41, 5.74) is 3.85. The third kappa shape index (κ3) is 4.46. The fraction of sp³-hybridized carbons (Fsp3) is 0.304. The average molecular weight is 440 g/mol. The van der Waals surface area contributed by atoms with Gasteiger partial charge < -0.3 is 10.2 Å². The molecule has 0 radical (unpaired) electrons. The molecule has 1 atom stereocenters. The summed E-state index contributed by atoms with van der Waals surface area (Å²) in [6, 6.07) is 10.3. The lowest BCUT2D eigenvalue weighted by Crippen LogP contribution is -2.52. The van der Waals surface area contributed by atoms with E-state index in [-0.39, 0.29) is 30.6 Å². The molecule has 2 aromatic carbocycles. The maximum absolute atomic E-state index is 12.9. The zero-order valence-corrected chi connectivity index (χ0v) is 17.8. The van der Waals surface area contributed by atoms with Gasteiger partial charge in [-0.2, -0.15) is 0 Å². The lowest BCUT2D eigenvalue weighted by atomic mass is 10.0. The Labute approximate surface area is 184 Å². The van der Waals surface area contributed by atoms with Crippen LogP contribution in [-0.4, -0.2) is 34.6 Å². The number of nitrogens with zero attached hydrogens (tertiary/aromatic N) is 1. The molecule has 1 unspecified atom stereocenters. The van der Waals surface area contributed by atoms with Crippen LogP contribution in [0, 0.1) is 6.92 Å². The minimum absolute atomic E-state index is 0.142. The number of carbonyl (C=O) groups is 4. The lowest BCUT2D eigenvalue weighted by Gasteiger charge is -2.29. The highest BCUT2D eigenvalue weighted by Crippen LogP contribution is 2.28. The van der Waals surface area contributed by atoms with Crippen LogP contribution >= 0.6 is 11.6 Å². The molecule has 4 amide bonds. The fourth-order valence-corrected chi connectivity index (χ4v) is 4.09. The number of piperidine rings is 1. The van der Waals surface area contributed by atoms with Crippen molar-refractivity contribution < 1.29 is 19.2 Å². The van der Waals surface area contributed by atoms with Crippen LogP contribution in [0.5, 0.6) is 0 Å². The van der Waals surface area contributed by atoms with E-state index in [9.17, 15) is 19.2 Å². The number of aryl methyl sites for hydroxylation is 2. The van der Waals surface area contributed by atoms with Crippen LogP contribution in [0.3, 0.4) is 0 Å². The summed E-state index contributed by atoms with van der Waals surface area (Å²) in [6.07, 6.45) is 1.29. The van der Waals surface area contributed by atoms with Crippen molar-refractivity contribution in [1.82, 2.24) is 10.2 Å². The molecule has 0 spiro atoms. The monoisotopic (exact) mass is 439 g/mol. The van der Waals surface area contributed by atoms with Gasteiger partial charge in [0.1, 0.15) is 6.04 Å². The Morgan fingerprint density at radius 3 is 2.74 bits per heavy atom. The van der Waals surface area contributed by atoms with Crippen molar-refractivity contribution in [3.63, 3.8) is 0 Å². The van der Waals surface area contributed by atoms with Gasteiger partial charge in [-0.15, -0.1) is 0 Å². The Bertz CT molecular complexity index is 1100. The Morgan fingerprint density at radius 2 is 2.00 bits per heavy atom. The normalized spacial score (nSPS) is 18.1. The highest BCUT2D eigenvalue weighted by molar-refractivity contribution is 6.31. The smallest absolute Gasteiger partial charge is 0.255 e. The summed E-state index contributed by atoms with van der Waals surface area (Å²) >= 11 is 6.09. The maximum Gasteiger partial charge on any atom is 0.255 e. The molecule has 2 aliphatic heterocycles. The van der Waals surface area contributed by atoms with Gasteiger partial charge in [0.25, 0.3) is 5.91 Å². The molecule has 0 saturated carbocycles. The number of rotatable bonds is 5. The van der Waals surface area contributed by atoms with Crippen LogP contribution in [0.1, 0.15) is 46.3 Å². The lowest BCUT2D eigenvalue weighted by molar-refractivity contribution is -0.137. The fourth-order valence-electron chi connectivity index (χ4n) is 3.91. The van der Waals surface area contributed by atoms with Gasteiger partial charge in [-0.3, -0.25) is 24.5 Å². The van der Waals surface area contributed by atoms with Gasteiger partial charge in [0, 0.05) is 35.7 Å². The Balaban J connectivity index is 1.38. The number of anilines is 1. The molecule has 8 heteroatoms. The van der Waals surface area contributed by atoms with E-state index in [1.54, 1.807) is 18.2 Å². The Hall–Kier alpha value is -3.19. The van der Waals surface area contributed by atoms with Crippen LogP contribution in [-0.2, 0) is 27.3 Å². The number of imide groups is 1. The van der Waals surface area contributed by atoms with Gasteiger partial charge >= 0.3 is 0 Å². The Kier molecular flexibility index (Phi) is 5.78. The van der Waals surface area contributed by atoms with Crippen molar-refractivity contribution in [1.29, 1.82) is 0 Å². The van der Waals surface area contributed by atoms with Crippen molar-refractivity contribution in [2.24, 2.45) is 0 Å². The SMILES string of the molecule is Cc1ccc(NC(=O)CCc2ccc3c(c2)C(=O)N(C2CCC(=O)NC2=O)C3)cc1Cl. The molecule has 1 fully saturated rings. The van der Waals surface area contributed by atoms with Gasteiger partial charge in [0.15, 0.2) is 0 Å². The molecule has 1 saturated heterocycles. The number of hydrogen-bond acceptors (Lipinski definition) is 4. The van der Waals surface area contributed by atoms with Crippen molar-refractivity contribution in [3.05, 3.63) is 63.7 Å². The molecule has 4 rings (SSSR count). The molecule has 7 nitrogen and oxygen atoms in total. The number of halogens is 1. The summed E-state index contributed by atoms with van der Waals surface area (Å²) in [7, 11) is 0. The van der Waals surface area contributed by atoms with Crippen LogP contribution in [0.15, 0.2) is 36.4 Å².